The average molecular weight is 435 g/mol. The second kappa shape index (κ2) is 8.96. The Hall–Kier alpha value is -4.08. The predicted molar refractivity (Wildman–Crippen MR) is 118 cm³/mol. The number of aromatic nitrogens is 4. The lowest BCUT2D eigenvalue weighted by atomic mass is 10.1. The molecule has 3 heterocycles. The van der Waals surface area contributed by atoms with Crippen LogP contribution in [0.2, 0.25) is 0 Å². The number of amides is 1. The quantitative estimate of drug-likeness (QED) is 0.609. The van der Waals surface area contributed by atoms with Crippen LogP contribution >= 0.6 is 0 Å². The van der Waals surface area contributed by atoms with Gasteiger partial charge in [-0.05, 0) is 36.8 Å². The summed E-state index contributed by atoms with van der Waals surface area (Å²) in [5.41, 5.74) is 7.90. The number of nitrogens with two attached hydrogens (primary N) is 1. The fourth-order valence-electron chi connectivity index (χ4n) is 3.49. The van der Waals surface area contributed by atoms with Crippen molar-refractivity contribution in [3.05, 3.63) is 61.0 Å². The minimum absolute atomic E-state index is 0.00660. The number of nitrogen functional groups attached to an aromatic ring is 1. The van der Waals surface area contributed by atoms with Gasteiger partial charge in [0, 0.05) is 38.1 Å². The molecule has 0 saturated carbocycles. The number of benzene rings is 1. The van der Waals surface area contributed by atoms with Crippen molar-refractivity contribution in [2.75, 3.05) is 36.8 Å². The number of piperazine rings is 1. The second-order valence-electron chi connectivity index (χ2n) is 7.20. The van der Waals surface area contributed by atoms with Crippen LogP contribution in [0.25, 0.3) is 11.1 Å². The molecule has 1 aromatic carbocycles. The highest BCUT2D eigenvalue weighted by molar-refractivity contribution is 5.87. The third-order valence-corrected chi connectivity index (χ3v) is 5.12. The summed E-state index contributed by atoms with van der Waals surface area (Å²) < 4.78 is 20.4. The molecule has 10 heteroatoms. The number of halogens is 1. The van der Waals surface area contributed by atoms with Crippen molar-refractivity contribution in [1.82, 2.24) is 24.8 Å². The Morgan fingerprint density at radius 3 is 2.66 bits per heavy atom. The molecule has 0 unspecified atom stereocenters. The molecule has 3 aromatic rings. The van der Waals surface area contributed by atoms with Gasteiger partial charge in [-0.1, -0.05) is 12.6 Å². The number of hydrogen-bond acceptors (Lipinski definition) is 8. The molecular formula is C22H22FN7O2. The largest absolute Gasteiger partial charge is 0.421 e. The Bertz CT molecular complexity index is 1160. The minimum atomic E-state index is -0.594. The molecule has 32 heavy (non-hydrogen) atoms. The van der Waals surface area contributed by atoms with Gasteiger partial charge in [0.2, 0.25) is 5.91 Å². The fourth-order valence-corrected chi connectivity index (χ4v) is 3.49. The van der Waals surface area contributed by atoms with Gasteiger partial charge in [-0.25, -0.2) is 24.3 Å². The molecule has 1 fully saturated rings. The summed E-state index contributed by atoms with van der Waals surface area (Å²) in [6.07, 6.45) is 4.22. The smallest absolute Gasteiger partial charge is 0.322 e. The Balaban J connectivity index is 1.61. The lowest BCUT2D eigenvalue weighted by molar-refractivity contribution is -0.126. The maximum Gasteiger partial charge on any atom is 0.322 e. The zero-order valence-corrected chi connectivity index (χ0v) is 17.5. The summed E-state index contributed by atoms with van der Waals surface area (Å²) >= 11 is 0. The molecule has 1 amide bonds. The van der Waals surface area contributed by atoms with E-state index in [1.54, 1.807) is 30.2 Å². The standard InChI is InChI=1S/C22H22FN7O2/c1-3-18(31)29-8-10-30(11-9-29)21-19(20(24)26-13-27-21)15-4-5-17(16(23)12-15)32-22-25-7-6-14(2)28-22/h3-7,12-13H,1,8-11H2,2H3,(H2,24,26,27). The third-order valence-electron chi connectivity index (χ3n) is 5.12. The van der Waals surface area contributed by atoms with Crippen molar-refractivity contribution in [2.45, 2.75) is 6.92 Å². The zero-order valence-electron chi connectivity index (χ0n) is 17.5. The van der Waals surface area contributed by atoms with Crippen LogP contribution in [0, 0.1) is 12.7 Å². The molecular weight excluding hydrogens is 413 g/mol. The van der Waals surface area contributed by atoms with Gasteiger partial charge in [-0.15, -0.1) is 0 Å². The number of carbonyl (C=O) groups excluding carboxylic acids is 1. The molecule has 2 N–H and O–H groups in total. The normalized spacial score (nSPS) is 13.7. The van der Waals surface area contributed by atoms with E-state index in [-0.39, 0.29) is 23.5 Å². The average Bonchev–Trinajstić information content (AvgIpc) is 2.80. The van der Waals surface area contributed by atoms with Crippen molar-refractivity contribution in [3.8, 4) is 22.9 Å². The van der Waals surface area contributed by atoms with E-state index in [1.165, 1.54) is 24.5 Å². The zero-order chi connectivity index (χ0) is 22.7. The van der Waals surface area contributed by atoms with Gasteiger partial charge in [0.05, 0.1) is 5.56 Å². The predicted octanol–water partition coefficient (Wildman–Crippen LogP) is 2.59. The summed E-state index contributed by atoms with van der Waals surface area (Å²) in [4.78, 5) is 32.2. The van der Waals surface area contributed by atoms with Crippen LogP contribution in [0.5, 0.6) is 11.8 Å². The molecule has 9 nitrogen and oxygen atoms in total. The molecule has 1 aliphatic heterocycles. The molecule has 0 bridgehead atoms. The van der Waals surface area contributed by atoms with Gasteiger partial charge in [0.1, 0.15) is 18.0 Å². The Morgan fingerprint density at radius 1 is 1.19 bits per heavy atom. The highest BCUT2D eigenvalue weighted by Crippen LogP contribution is 2.36. The number of rotatable bonds is 5. The van der Waals surface area contributed by atoms with Gasteiger partial charge in [0.25, 0.3) is 0 Å². The SMILES string of the molecule is C=CC(=O)N1CCN(c2ncnc(N)c2-c2ccc(Oc3nccc(C)n3)c(F)c2)CC1. The van der Waals surface area contributed by atoms with Gasteiger partial charge < -0.3 is 20.3 Å². The molecule has 1 aliphatic rings. The fraction of sp³-hybridized carbons (Fsp3) is 0.227. The van der Waals surface area contributed by atoms with Crippen LogP contribution < -0.4 is 15.4 Å². The van der Waals surface area contributed by atoms with E-state index in [0.717, 1.165) is 0 Å². The first kappa shape index (κ1) is 21.2. The first-order valence-electron chi connectivity index (χ1n) is 10.0. The highest BCUT2D eigenvalue weighted by atomic mass is 19.1. The van der Waals surface area contributed by atoms with Crippen LogP contribution in [0.15, 0.2) is 49.4 Å². The number of carbonyl (C=O) groups is 1. The Kier molecular flexibility index (Phi) is 5.93. The summed E-state index contributed by atoms with van der Waals surface area (Å²) in [6, 6.07) is 6.28. The van der Waals surface area contributed by atoms with Crippen LogP contribution in [-0.2, 0) is 4.79 Å². The summed E-state index contributed by atoms with van der Waals surface area (Å²) in [6.45, 7) is 7.47. The van der Waals surface area contributed by atoms with Crippen molar-refractivity contribution < 1.29 is 13.9 Å². The maximum absolute atomic E-state index is 14.9. The monoisotopic (exact) mass is 435 g/mol. The molecule has 0 aliphatic carbocycles. The number of nitrogens with zero attached hydrogens (tertiary/aromatic N) is 6. The molecule has 0 radical (unpaired) electrons. The summed E-state index contributed by atoms with van der Waals surface area (Å²) in [5.74, 6) is 0.103. The Morgan fingerprint density at radius 2 is 1.97 bits per heavy atom. The van der Waals surface area contributed by atoms with Crippen LogP contribution in [-0.4, -0.2) is 56.9 Å². The second-order valence-corrected chi connectivity index (χ2v) is 7.20. The minimum Gasteiger partial charge on any atom is -0.421 e. The van der Waals surface area contributed by atoms with Gasteiger partial charge in [-0.2, -0.15) is 0 Å². The number of anilines is 2. The van der Waals surface area contributed by atoms with Crippen molar-refractivity contribution in [1.29, 1.82) is 0 Å². The van der Waals surface area contributed by atoms with E-state index >= 15 is 0 Å². The Labute approximate surface area is 184 Å². The molecule has 4 rings (SSSR count). The van der Waals surface area contributed by atoms with Crippen molar-refractivity contribution >= 4 is 17.5 Å². The molecule has 0 atom stereocenters. The van der Waals surface area contributed by atoms with Gasteiger partial charge in [0.15, 0.2) is 11.6 Å². The van der Waals surface area contributed by atoms with Crippen LogP contribution in [0.4, 0.5) is 16.0 Å². The van der Waals surface area contributed by atoms with Crippen molar-refractivity contribution in [2.24, 2.45) is 0 Å². The molecule has 164 valence electrons. The molecule has 2 aromatic heterocycles. The van der Waals surface area contributed by atoms with E-state index in [4.69, 9.17) is 10.5 Å². The summed E-state index contributed by atoms with van der Waals surface area (Å²) in [7, 11) is 0. The lowest BCUT2D eigenvalue weighted by Gasteiger charge is -2.35. The topological polar surface area (TPSA) is 110 Å². The van der Waals surface area contributed by atoms with Crippen molar-refractivity contribution in [3.63, 3.8) is 0 Å². The first-order chi connectivity index (χ1) is 15.5. The number of ether oxygens (including phenoxy) is 1. The summed E-state index contributed by atoms with van der Waals surface area (Å²) in [5, 5.41) is 0. The van der Waals surface area contributed by atoms with E-state index in [1.807, 2.05) is 4.90 Å². The van der Waals surface area contributed by atoms with E-state index < -0.39 is 5.82 Å². The first-order valence-corrected chi connectivity index (χ1v) is 10.0. The van der Waals surface area contributed by atoms with Crippen LogP contribution in [0.1, 0.15) is 5.69 Å². The van der Waals surface area contributed by atoms with E-state index in [9.17, 15) is 9.18 Å². The highest BCUT2D eigenvalue weighted by Gasteiger charge is 2.24. The van der Waals surface area contributed by atoms with E-state index in [2.05, 4.69) is 26.5 Å². The number of aryl methyl sites for hydroxylation is 1. The van der Waals surface area contributed by atoms with Gasteiger partial charge >= 0.3 is 6.01 Å². The third kappa shape index (κ3) is 4.34. The number of hydrogen-bond donors (Lipinski definition) is 1. The van der Waals surface area contributed by atoms with Gasteiger partial charge in [-0.3, -0.25) is 4.79 Å². The van der Waals surface area contributed by atoms with Crippen LogP contribution in [0.3, 0.4) is 0 Å². The lowest BCUT2D eigenvalue weighted by Crippen LogP contribution is -2.48. The molecule has 0 spiro atoms. The van der Waals surface area contributed by atoms with E-state index in [0.29, 0.717) is 48.8 Å². The maximum atomic E-state index is 14.9. The molecule has 1 saturated heterocycles.